The number of carbonyl (C=O) groups excluding carboxylic acids is 1. The Morgan fingerprint density at radius 3 is 2.93 bits per heavy atom. The van der Waals surface area contributed by atoms with Crippen LogP contribution in [0, 0.1) is 11.6 Å². The van der Waals surface area contributed by atoms with Crippen LogP contribution in [-0.4, -0.2) is 47.6 Å². The predicted molar refractivity (Wildman–Crippen MR) is 104 cm³/mol. The molecule has 0 N–H and O–H groups in total. The summed E-state index contributed by atoms with van der Waals surface area (Å²) in [7, 11) is 3.55. The second-order valence-corrected chi connectivity index (χ2v) is 7.49. The molecule has 146 valence electrons. The summed E-state index contributed by atoms with van der Waals surface area (Å²) in [6.07, 6.45) is 2.79. The molecule has 1 aromatic carbocycles. The second kappa shape index (κ2) is 8.68. The number of nitrogens with zero attached hydrogens (tertiary/aromatic N) is 4. The zero-order valence-corrected chi connectivity index (χ0v) is 16.5. The molecule has 0 aliphatic rings. The Kier molecular flexibility index (Phi) is 6.28. The van der Waals surface area contributed by atoms with E-state index >= 15 is 0 Å². The Labute approximate surface area is 168 Å². The zero-order chi connectivity index (χ0) is 20.3. The maximum absolute atomic E-state index is 14.6. The molecule has 0 aliphatic carbocycles. The van der Waals surface area contributed by atoms with Crippen LogP contribution in [0.5, 0.6) is 5.75 Å². The third-order valence-electron chi connectivity index (χ3n) is 3.53. The Bertz CT molecular complexity index is 1060. The van der Waals surface area contributed by atoms with Crippen molar-refractivity contribution in [3.63, 3.8) is 0 Å². The lowest BCUT2D eigenvalue weighted by Crippen LogP contribution is -2.15. The Balaban J connectivity index is 1.78. The first kappa shape index (κ1) is 20.2. The van der Waals surface area contributed by atoms with Crippen molar-refractivity contribution in [1.82, 2.24) is 14.9 Å². The quantitative estimate of drug-likeness (QED) is 0.560. The number of benzene rings is 1. The molecule has 0 atom stereocenters. The van der Waals surface area contributed by atoms with Crippen molar-refractivity contribution in [1.29, 1.82) is 0 Å². The number of pyridine rings is 1. The number of carbonyl (C=O) groups is 1. The molecule has 6 nitrogen and oxygen atoms in total. The number of hydrogen-bond donors (Lipinski definition) is 0. The number of hydrogen-bond acceptors (Lipinski definition) is 6. The number of aliphatic imine (C=N–C) groups is 1. The molecule has 3 aromatic rings. The number of rotatable bonds is 6. The van der Waals surface area contributed by atoms with Gasteiger partial charge in [0.2, 0.25) is 0 Å². The molecule has 1 amide bonds. The van der Waals surface area contributed by atoms with Crippen LogP contribution in [0.4, 0.5) is 8.78 Å². The lowest BCUT2D eigenvalue weighted by atomic mass is 10.1. The third-order valence-corrected chi connectivity index (χ3v) is 4.69. The normalized spacial score (nSPS) is 11.6. The van der Waals surface area contributed by atoms with E-state index in [2.05, 4.69) is 15.0 Å². The smallest absolute Gasteiger partial charge is 0.282 e. The van der Waals surface area contributed by atoms with Crippen molar-refractivity contribution in [3.05, 3.63) is 51.6 Å². The van der Waals surface area contributed by atoms with Crippen molar-refractivity contribution < 1.29 is 18.3 Å². The van der Waals surface area contributed by atoms with Crippen LogP contribution >= 0.6 is 22.9 Å². The van der Waals surface area contributed by atoms with Gasteiger partial charge in [0.15, 0.2) is 11.6 Å². The number of fused-ring (bicyclic) bond motifs is 1. The molecule has 28 heavy (non-hydrogen) atoms. The van der Waals surface area contributed by atoms with Gasteiger partial charge in [-0.1, -0.05) is 22.9 Å². The Morgan fingerprint density at radius 2 is 2.18 bits per heavy atom. The van der Waals surface area contributed by atoms with Crippen LogP contribution in [0.3, 0.4) is 0 Å². The van der Waals surface area contributed by atoms with Gasteiger partial charge in [-0.25, -0.2) is 23.7 Å². The number of aromatic nitrogens is 2. The van der Waals surface area contributed by atoms with Crippen molar-refractivity contribution in [3.8, 4) is 5.75 Å². The standard InChI is InChI=1S/C18H15ClF2N4O2S/c1-25(2)6-5-22-17(26)15-11(20)3-4-13(16(15)21)27-9-14-24-12-7-10(19)8-23-18(12)28-14/h3-5,7-8H,6,9H2,1-2H3. The van der Waals surface area contributed by atoms with E-state index in [-0.39, 0.29) is 12.4 Å². The Morgan fingerprint density at radius 1 is 1.39 bits per heavy atom. The molecule has 0 saturated carbocycles. The predicted octanol–water partition coefficient (Wildman–Crippen LogP) is 3.97. The lowest BCUT2D eigenvalue weighted by Gasteiger charge is -2.08. The summed E-state index contributed by atoms with van der Waals surface area (Å²) < 4.78 is 34.0. The van der Waals surface area contributed by atoms with Gasteiger partial charge < -0.3 is 9.64 Å². The highest BCUT2D eigenvalue weighted by Gasteiger charge is 2.21. The molecule has 0 radical (unpaired) electrons. The highest BCUT2D eigenvalue weighted by Crippen LogP contribution is 2.27. The summed E-state index contributed by atoms with van der Waals surface area (Å²) in [6, 6.07) is 3.74. The molecule has 3 rings (SSSR count). The number of ether oxygens (including phenoxy) is 1. The average Bonchev–Trinajstić information content (AvgIpc) is 3.02. The summed E-state index contributed by atoms with van der Waals surface area (Å²) in [5.41, 5.74) is -0.160. The van der Waals surface area contributed by atoms with Gasteiger partial charge >= 0.3 is 0 Å². The number of halogens is 3. The molecule has 0 unspecified atom stereocenters. The van der Waals surface area contributed by atoms with Gasteiger partial charge in [0.05, 0.1) is 5.02 Å². The SMILES string of the molecule is CN(C)CC=NC(=O)c1c(F)ccc(OCc2nc3cc(Cl)cnc3s2)c1F. The van der Waals surface area contributed by atoms with Gasteiger partial charge in [-0.15, -0.1) is 0 Å². The maximum Gasteiger partial charge on any atom is 0.282 e. The van der Waals surface area contributed by atoms with Crippen molar-refractivity contribution >= 4 is 45.4 Å². The summed E-state index contributed by atoms with van der Waals surface area (Å²) in [5.74, 6) is -3.39. The van der Waals surface area contributed by atoms with E-state index < -0.39 is 23.1 Å². The second-order valence-electron chi connectivity index (χ2n) is 5.99. The van der Waals surface area contributed by atoms with Crippen molar-refractivity contribution in [2.45, 2.75) is 6.61 Å². The van der Waals surface area contributed by atoms with Gasteiger partial charge in [0.1, 0.15) is 33.3 Å². The largest absolute Gasteiger partial charge is 0.483 e. The maximum atomic E-state index is 14.6. The van der Waals surface area contributed by atoms with E-state index in [1.807, 2.05) is 0 Å². The van der Waals surface area contributed by atoms with Crippen LogP contribution in [0.15, 0.2) is 29.4 Å². The van der Waals surface area contributed by atoms with E-state index in [1.165, 1.54) is 23.7 Å². The van der Waals surface area contributed by atoms with Crippen LogP contribution in [0.25, 0.3) is 10.3 Å². The molecule has 10 heteroatoms. The van der Waals surface area contributed by atoms with Crippen LogP contribution in [0.2, 0.25) is 5.02 Å². The van der Waals surface area contributed by atoms with Gasteiger partial charge in [-0.2, -0.15) is 0 Å². The van der Waals surface area contributed by atoms with Gasteiger partial charge in [-0.3, -0.25) is 4.79 Å². The fourth-order valence-corrected chi connectivity index (χ4v) is 3.19. The first-order valence-corrected chi connectivity index (χ1v) is 9.28. The average molecular weight is 425 g/mol. The first-order chi connectivity index (χ1) is 13.3. The summed E-state index contributed by atoms with van der Waals surface area (Å²) in [6.45, 7) is 0.291. The fourth-order valence-electron chi connectivity index (χ4n) is 2.24. The molecule has 2 aromatic heterocycles. The molecule has 0 saturated heterocycles. The summed E-state index contributed by atoms with van der Waals surface area (Å²) >= 11 is 7.14. The third kappa shape index (κ3) is 4.67. The van der Waals surface area contributed by atoms with Crippen molar-refractivity contribution in [2.75, 3.05) is 20.6 Å². The monoisotopic (exact) mass is 424 g/mol. The summed E-state index contributed by atoms with van der Waals surface area (Å²) in [5, 5.41) is 0.984. The highest BCUT2D eigenvalue weighted by molar-refractivity contribution is 7.18. The molecular weight excluding hydrogens is 410 g/mol. The van der Waals surface area contributed by atoms with Crippen LogP contribution < -0.4 is 4.74 Å². The molecule has 0 fully saturated rings. The highest BCUT2D eigenvalue weighted by atomic mass is 35.5. The zero-order valence-electron chi connectivity index (χ0n) is 14.9. The molecule has 0 aliphatic heterocycles. The van der Waals surface area contributed by atoms with Gasteiger partial charge in [-0.05, 0) is 32.3 Å². The minimum absolute atomic E-state index is 0.0707. The Hall–Kier alpha value is -2.49. The van der Waals surface area contributed by atoms with Crippen LogP contribution in [0.1, 0.15) is 15.4 Å². The minimum atomic E-state index is -1.10. The van der Waals surface area contributed by atoms with Gasteiger partial charge in [0.25, 0.3) is 5.91 Å². The van der Waals surface area contributed by atoms with E-state index in [9.17, 15) is 13.6 Å². The number of amides is 1. The topological polar surface area (TPSA) is 67.7 Å². The minimum Gasteiger partial charge on any atom is -0.483 e. The molecule has 0 spiro atoms. The first-order valence-electron chi connectivity index (χ1n) is 8.08. The van der Waals surface area contributed by atoms with E-state index in [0.717, 1.165) is 12.1 Å². The van der Waals surface area contributed by atoms with Gasteiger partial charge in [0, 0.05) is 19.0 Å². The molecule has 0 bridgehead atoms. The van der Waals surface area contributed by atoms with E-state index in [4.69, 9.17) is 16.3 Å². The van der Waals surface area contributed by atoms with Crippen molar-refractivity contribution in [2.24, 2.45) is 4.99 Å². The van der Waals surface area contributed by atoms with E-state index in [0.29, 0.717) is 26.9 Å². The van der Waals surface area contributed by atoms with Crippen LogP contribution in [-0.2, 0) is 6.61 Å². The molecule has 2 heterocycles. The number of thiazole rings is 1. The molecular formula is C18H15ClF2N4O2S. The summed E-state index contributed by atoms with van der Waals surface area (Å²) in [4.78, 5) is 26.5. The van der Waals surface area contributed by atoms with E-state index in [1.54, 1.807) is 25.1 Å². The lowest BCUT2D eigenvalue weighted by molar-refractivity contribution is 0.0994. The fraction of sp³-hybridized carbons (Fsp3) is 0.222.